The van der Waals surface area contributed by atoms with Crippen molar-refractivity contribution in [1.29, 1.82) is 0 Å². The lowest BCUT2D eigenvalue weighted by molar-refractivity contribution is 0.0930. The molecule has 1 aliphatic heterocycles. The monoisotopic (exact) mass is 424 g/mol. The van der Waals surface area contributed by atoms with Gasteiger partial charge in [-0.25, -0.2) is 14.6 Å². The summed E-state index contributed by atoms with van der Waals surface area (Å²) in [5.41, 5.74) is 3.39. The third-order valence-corrected chi connectivity index (χ3v) is 5.79. The van der Waals surface area contributed by atoms with E-state index in [1.807, 2.05) is 25.1 Å². The topological polar surface area (TPSA) is 75.9 Å². The van der Waals surface area contributed by atoms with Crippen LogP contribution in [0.5, 0.6) is 0 Å². The van der Waals surface area contributed by atoms with Gasteiger partial charge in [0.1, 0.15) is 5.15 Å². The number of carbonyl (C=O) groups is 1. The van der Waals surface area contributed by atoms with Crippen LogP contribution in [0.3, 0.4) is 0 Å². The molecule has 0 aliphatic carbocycles. The molecule has 30 heavy (non-hydrogen) atoms. The molecule has 0 saturated carbocycles. The fourth-order valence-electron chi connectivity index (χ4n) is 3.72. The number of nitrogens with one attached hydrogen (secondary N) is 1. The van der Waals surface area contributed by atoms with Gasteiger partial charge < -0.3 is 10.2 Å². The van der Waals surface area contributed by atoms with E-state index in [0.29, 0.717) is 23.0 Å². The molecule has 1 N–H and O–H groups in total. The summed E-state index contributed by atoms with van der Waals surface area (Å²) in [6.07, 6.45) is 5.15. The first-order valence-corrected chi connectivity index (χ1v) is 10.5. The molecule has 3 aromatic rings. The highest BCUT2D eigenvalue weighted by atomic mass is 35.5. The van der Waals surface area contributed by atoms with Crippen LogP contribution in [0.25, 0.3) is 0 Å². The average Bonchev–Trinajstić information content (AvgIpc) is 3.04. The van der Waals surface area contributed by atoms with E-state index < -0.39 is 0 Å². The van der Waals surface area contributed by atoms with E-state index in [4.69, 9.17) is 11.6 Å². The second-order valence-electron chi connectivity index (χ2n) is 7.68. The summed E-state index contributed by atoms with van der Waals surface area (Å²) in [5, 5.41) is 8.00. The van der Waals surface area contributed by atoms with Crippen molar-refractivity contribution in [2.45, 2.75) is 39.3 Å². The summed E-state index contributed by atoms with van der Waals surface area (Å²) < 4.78 is 1.69. The number of aryl methyl sites for hydroxylation is 2. The van der Waals surface area contributed by atoms with E-state index in [2.05, 4.69) is 44.3 Å². The minimum absolute atomic E-state index is 0.0911. The quantitative estimate of drug-likeness (QED) is 0.679. The molecule has 1 amide bonds. The van der Waals surface area contributed by atoms with E-state index in [-0.39, 0.29) is 11.9 Å². The minimum atomic E-state index is -0.165. The van der Waals surface area contributed by atoms with Crippen LogP contribution in [0.4, 0.5) is 5.95 Å². The molecule has 0 atom stereocenters. The van der Waals surface area contributed by atoms with Gasteiger partial charge in [-0.15, -0.1) is 0 Å². The SMILES string of the molecule is Cc1ccc(Cn2nc(C)c(C(=O)NC3CCN(c4ncccn4)CC3)c2Cl)cc1. The Bertz CT molecular complexity index is 1010. The van der Waals surface area contributed by atoms with Gasteiger partial charge in [-0.2, -0.15) is 5.10 Å². The molecule has 156 valence electrons. The van der Waals surface area contributed by atoms with Gasteiger partial charge in [0.25, 0.3) is 5.91 Å². The summed E-state index contributed by atoms with van der Waals surface area (Å²) in [4.78, 5) is 23.7. The Hall–Kier alpha value is -2.93. The number of aromatic nitrogens is 4. The molecule has 2 aromatic heterocycles. The molecule has 1 aliphatic rings. The van der Waals surface area contributed by atoms with Crippen LogP contribution in [0.15, 0.2) is 42.7 Å². The van der Waals surface area contributed by atoms with Crippen LogP contribution in [0, 0.1) is 13.8 Å². The Balaban J connectivity index is 1.39. The van der Waals surface area contributed by atoms with Crippen molar-refractivity contribution in [1.82, 2.24) is 25.1 Å². The molecule has 0 spiro atoms. The summed E-state index contributed by atoms with van der Waals surface area (Å²) in [7, 11) is 0. The number of hydrogen-bond donors (Lipinski definition) is 1. The largest absolute Gasteiger partial charge is 0.349 e. The Labute approximate surface area is 181 Å². The second kappa shape index (κ2) is 8.83. The normalized spacial score (nSPS) is 14.7. The van der Waals surface area contributed by atoms with Crippen LogP contribution in [0.1, 0.15) is 40.0 Å². The molecule has 3 heterocycles. The Morgan fingerprint density at radius 1 is 1.13 bits per heavy atom. The molecule has 4 rings (SSSR count). The van der Waals surface area contributed by atoms with E-state index in [0.717, 1.165) is 37.4 Å². The number of hydrogen-bond acceptors (Lipinski definition) is 5. The Morgan fingerprint density at radius 2 is 1.80 bits per heavy atom. The van der Waals surface area contributed by atoms with Gasteiger partial charge in [0.2, 0.25) is 5.95 Å². The van der Waals surface area contributed by atoms with Crippen molar-refractivity contribution >= 4 is 23.5 Å². The fourth-order valence-corrected chi connectivity index (χ4v) is 4.04. The van der Waals surface area contributed by atoms with E-state index >= 15 is 0 Å². The summed E-state index contributed by atoms with van der Waals surface area (Å²) >= 11 is 6.54. The summed E-state index contributed by atoms with van der Waals surface area (Å²) in [5.74, 6) is 0.570. The van der Waals surface area contributed by atoms with Crippen molar-refractivity contribution in [2.24, 2.45) is 0 Å². The van der Waals surface area contributed by atoms with E-state index in [1.54, 1.807) is 17.1 Å². The van der Waals surface area contributed by atoms with Gasteiger partial charge in [-0.05, 0) is 38.3 Å². The van der Waals surface area contributed by atoms with Crippen LogP contribution in [-0.4, -0.2) is 44.8 Å². The first-order valence-electron chi connectivity index (χ1n) is 10.1. The number of nitrogens with zero attached hydrogens (tertiary/aromatic N) is 5. The zero-order valence-corrected chi connectivity index (χ0v) is 17.9. The predicted octanol–water partition coefficient (Wildman–Crippen LogP) is 3.39. The van der Waals surface area contributed by atoms with Crippen molar-refractivity contribution in [3.8, 4) is 0 Å². The van der Waals surface area contributed by atoms with Gasteiger partial charge in [-0.3, -0.25) is 4.79 Å². The predicted molar refractivity (Wildman–Crippen MR) is 117 cm³/mol. The average molecular weight is 425 g/mol. The molecule has 1 saturated heterocycles. The third-order valence-electron chi connectivity index (χ3n) is 5.41. The maximum absolute atomic E-state index is 12.9. The first kappa shape index (κ1) is 20.3. The Kier molecular flexibility index (Phi) is 5.99. The molecule has 0 unspecified atom stereocenters. The molecule has 7 nitrogen and oxygen atoms in total. The third kappa shape index (κ3) is 4.46. The highest BCUT2D eigenvalue weighted by molar-refractivity contribution is 6.33. The van der Waals surface area contributed by atoms with Gasteiger partial charge >= 0.3 is 0 Å². The smallest absolute Gasteiger partial charge is 0.256 e. The second-order valence-corrected chi connectivity index (χ2v) is 8.04. The zero-order chi connectivity index (χ0) is 21.1. The number of amides is 1. The van der Waals surface area contributed by atoms with Crippen molar-refractivity contribution < 1.29 is 4.79 Å². The standard InChI is InChI=1S/C22H25ClN6O/c1-15-4-6-17(7-5-15)14-29-20(23)19(16(2)27-29)21(30)26-18-8-12-28(13-9-18)22-24-10-3-11-25-22/h3-7,10-11,18H,8-9,12-14H2,1-2H3,(H,26,30). The molecule has 8 heteroatoms. The van der Waals surface area contributed by atoms with Crippen LogP contribution < -0.4 is 10.2 Å². The highest BCUT2D eigenvalue weighted by Crippen LogP contribution is 2.22. The number of rotatable bonds is 5. The lowest BCUT2D eigenvalue weighted by atomic mass is 10.0. The first-order chi connectivity index (χ1) is 14.5. The number of halogens is 1. The minimum Gasteiger partial charge on any atom is -0.349 e. The summed E-state index contributed by atoms with van der Waals surface area (Å²) in [6.45, 7) is 6.00. The molecular formula is C22H25ClN6O. The van der Waals surface area contributed by atoms with E-state index in [1.165, 1.54) is 5.56 Å². The van der Waals surface area contributed by atoms with Gasteiger partial charge in [-0.1, -0.05) is 41.4 Å². The molecule has 0 bridgehead atoms. The zero-order valence-electron chi connectivity index (χ0n) is 17.2. The van der Waals surface area contributed by atoms with Gasteiger partial charge in [0.05, 0.1) is 17.8 Å². The highest BCUT2D eigenvalue weighted by Gasteiger charge is 2.26. The molecule has 1 aromatic carbocycles. The van der Waals surface area contributed by atoms with Gasteiger partial charge in [0, 0.05) is 31.5 Å². The lowest BCUT2D eigenvalue weighted by Crippen LogP contribution is -2.45. The number of carbonyl (C=O) groups excluding carboxylic acids is 1. The molecule has 0 radical (unpaired) electrons. The van der Waals surface area contributed by atoms with Crippen molar-refractivity contribution in [3.63, 3.8) is 0 Å². The van der Waals surface area contributed by atoms with Crippen LogP contribution in [-0.2, 0) is 6.54 Å². The van der Waals surface area contributed by atoms with Crippen LogP contribution in [0.2, 0.25) is 5.15 Å². The van der Waals surface area contributed by atoms with Crippen LogP contribution >= 0.6 is 11.6 Å². The maximum Gasteiger partial charge on any atom is 0.256 e. The van der Waals surface area contributed by atoms with Crippen molar-refractivity contribution in [2.75, 3.05) is 18.0 Å². The molecular weight excluding hydrogens is 400 g/mol. The van der Waals surface area contributed by atoms with Crippen molar-refractivity contribution in [3.05, 3.63) is 70.3 Å². The fraction of sp³-hybridized carbons (Fsp3) is 0.364. The Morgan fingerprint density at radius 3 is 2.47 bits per heavy atom. The number of anilines is 1. The molecule has 1 fully saturated rings. The summed E-state index contributed by atoms with van der Waals surface area (Å²) in [6, 6.07) is 10.1. The number of piperidine rings is 1. The lowest BCUT2D eigenvalue weighted by Gasteiger charge is -2.32. The maximum atomic E-state index is 12.9. The van der Waals surface area contributed by atoms with E-state index in [9.17, 15) is 4.79 Å². The number of benzene rings is 1. The van der Waals surface area contributed by atoms with Gasteiger partial charge in [0.15, 0.2) is 0 Å².